The first kappa shape index (κ1) is 12.1. The maximum absolute atomic E-state index is 5.29. The molecular formula is C10H14N6O2. The van der Waals surface area contributed by atoms with Crippen molar-refractivity contribution >= 4 is 11.9 Å². The number of rotatable bonds is 5. The van der Waals surface area contributed by atoms with Crippen molar-refractivity contribution in [2.45, 2.75) is 6.54 Å². The van der Waals surface area contributed by atoms with Crippen LogP contribution in [0.3, 0.4) is 0 Å². The van der Waals surface area contributed by atoms with Crippen molar-refractivity contribution in [2.75, 3.05) is 24.5 Å². The third-order valence-electron chi connectivity index (χ3n) is 2.26. The Balaban J connectivity index is 2.20. The molecule has 0 aliphatic heterocycles. The Kier molecular flexibility index (Phi) is 3.58. The highest BCUT2D eigenvalue weighted by atomic mass is 16.5. The van der Waals surface area contributed by atoms with Gasteiger partial charge in [0.15, 0.2) is 0 Å². The van der Waals surface area contributed by atoms with E-state index in [4.69, 9.17) is 15.0 Å². The molecular weight excluding hydrogens is 236 g/mol. The maximum Gasteiger partial charge on any atom is 0.322 e. The van der Waals surface area contributed by atoms with Gasteiger partial charge in [0.1, 0.15) is 0 Å². The van der Waals surface area contributed by atoms with Crippen molar-refractivity contribution in [2.24, 2.45) is 5.84 Å². The summed E-state index contributed by atoms with van der Waals surface area (Å²) in [6, 6.07) is 2.07. The first-order chi connectivity index (χ1) is 8.72. The highest BCUT2D eigenvalue weighted by molar-refractivity contribution is 5.37. The molecule has 18 heavy (non-hydrogen) atoms. The third-order valence-corrected chi connectivity index (χ3v) is 2.26. The van der Waals surface area contributed by atoms with Crippen molar-refractivity contribution in [1.82, 2.24) is 15.0 Å². The fourth-order valence-electron chi connectivity index (χ4n) is 1.40. The van der Waals surface area contributed by atoms with E-state index in [2.05, 4.69) is 20.4 Å². The Hall–Kier alpha value is -2.35. The summed E-state index contributed by atoms with van der Waals surface area (Å²) in [6.07, 6.45) is 3.28. The normalized spacial score (nSPS) is 10.2. The van der Waals surface area contributed by atoms with Crippen LogP contribution in [0.2, 0.25) is 0 Å². The first-order valence-corrected chi connectivity index (χ1v) is 5.22. The van der Waals surface area contributed by atoms with Crippen LogP contribution in [-0.4, -0.2) is 29.1 Å². The number of hydrogen-bond acceptors (Lipinski definition) is 8. The minimum atomic E-state index is 0.201. The highest BCUT2D eigenvalue weighted by Crippen LogP contribution is 2.15. The minimum Gasteiger partial charge on any atom is -0.472 e. The van der Waals surface area contributed by atoms with E-state index in [1.54, 1.807) is 12.5 Å². The molecule has 0 aliphatic rings. The van der Waals surface area contributed by atoms with Gasteiger partial charge in [0.25, 0.3) is 0 Å². The van der Waals surface area contributed by atoms with E-state index in [1.807, 2.05) is 18.0 Å². The molecule has 0 aromatic carbocycles. The largest absolute Gasteiger partial charge is 0.472 e. The summed E-state index contributed by atoms with van der Waals surface area (Å²) < 4.78 is 9.98. The second kappa shape index (κ2) is 5.32. The number of nitrogens with one attached hydrogen (secondary N) is 1. The lowest BCUT2D eigenvalue weighted by atomic mass is 10.3. The van der Waals surface area contributed by atoms with E-state index in [0.29, 0.717) is 12.5 Å². The van der Waals surface area contributed by atoms with E-state index in [9.17, 15) is 0 Å². The molecule has 2 aromatic heterocycles. The lowest BCUT2D eigenvalue weighted by Gasteiger charge is -2.16. The topological polar surface area (TPSA) is 102 Å². The number of aromatic nitrogens is 3. The van der Waals surface area contributed by atoms with Gasteiger partial charge in [0.05, 0.1) is 19.6 Å². The fourth-order valence-corrected chi connectivity index (χ4v) is 1.40. The molecule has 2 aromatic rings. The molecule has 0 bridgehead atoms. The van der Waals surface area contributed by atoms with Gasteiger partial charge in [-0.2, -0.15) is 15.0 Å². The summed E-state index contributed by atoms with van der Waals surface area (Å²) in [5.74, 6) is 5.99. The summed E-state index contributed by atoms with van der Waals surface area (Å²) in [4.78, 5) is 14.0. The van der Waals surface area contributed by atoms with Gasteiger partial charge in [0.2, 0.25) is 11.9 Å². The van der Waals surface area contributed by atoms with Gasteiger partial charge in [0, 0.05) is 19.2 Å². The molecule has 3 N–H and O–H groups in total. The SMILES string of the molecule is COc1nc(NN)nc(N(C)Cc2ccoc2)n1. The van der Waals surface area contributed by atoms with E-state index in [-0.39, 0.29) is 12.0 Å². The number of furan rings is 1. The number of nitrogens with zero attached hydrogens (tertiary/aromatic N) is 4. The molecule has 0 atom stereocenters. The predicted molar refractivity (Wildman–Crippen MR) is 65.0 cm³/mol. The fraction of sp³-hybridized carbons (Fsp3) is 0.300. The molecule has 0 aliphatic carbocycles. The smallest absolute Gasteiger partial charge is 0.322 e. The van der Waals surface area contributed by atoms with Gasteiger partial charge in [-0.15, -0.1) is 0 Å². The van der Waals surface area contributed by atoms with Crippen LogP contribution < -0.4 is 20.9 Å². The van der Waals surface area contributed by atoms with Gasteiger partial charge >= 0.3 is 6.01 Å². The molecule has 0 fully saturated rings. The van der Waals surface area contributed by atoms with Gasteiger partial charge in [-0.25, -0.2) is 5.84 Å². The van der Waals surface area contributed by atoms with Gasteiger partial charge in [-0.05, 0) is 6.07 Å². The first-order valence-electron chi connectivity index (χ1n) is 5.22. The average molecular weight is 250 g/mol. The summed E-state index contributed by atoms with van der Waals surface area (Å²) in [7, 11) is 3.33. The molecule has 8 nitrogen and oxygen atoms in total. The summed E-state index contributed by atoms with van der Waals surface area (Å²) in [5.41, 5.74) is 3.38. The Bertz CT molecular complexity index is 479. The number of nitrogens with two attached hydrogens (primary N) is 1. The molecule has 2 heterocycles. The Morgan fingerprint density at radius 2 is 2.28 bits per heavy atom. The molecule has 8 heteroatoms. The quantitative estimate of drug-likeness (QED) is 0.580. The number of hydrogen-bond donors (Lipinski definition) is 2. The number of ether oxygens (including phenoxy) is 1. The van der Waals surface area contributed by atoms with Crippen LogP contribution >= 0.6 is 0 Å². The number of hydrazine groups is 1. The monoisotopic (exact) mass is 250 g/mol. The number of anilines is 2. The zero-order valence-electron chi connectivity index (χ0n) is 10.1. The lowest BCUT2D eigenvalue weighted by Crippen LogP contribution is -2.21. The van der Waals surface area contributed by atoms with E-state index >= 15 is 0 Å². The van der Waals surface area contributed by atoms with Crippen LogP contribution in [0.1, 0.15) is 5.56 Å². The van der Waals surface area contributed by atoms with Crippen LogP contribution in [0.25, 0.3) is 0 Å². The average Bonchev–Trinajstić information content (AvgIpc) is 2.90. The van der Waals surface area contributed by atoms with Gasteiger partial charge < -0.3 is 14.1 Å². The molecule has 0 amide bonds. The van der Waals surface area contributed by atoms with Gasteiger partial charge in [-0.3, -0.25) is 5.43 Å². The lowest BCUT2D eigenvalue weighted by molar-refractivity contribution is 0.379. The Morgan fingerprint density at radius 1 is 1.44 bits per heavy atom. The van der Waals surface area contributed by atoms with Crippen molar-refractivity contribution in [3.63, 3.8) is 0 Å². The van der Waals surface area contributed by atoms with E-state index in [0.717, 1.165) is 5.56 Å². The second-order valence-electron chi connectivity index (χ2n) is 3.58. The van der Waals surface area contributed by atoms with E-state index in [1.165, 1.54) is 7.11 Å². The standard InChI is InChI=1S/C10H14N6O2/c1-16(5-7-3-4-18-6-7)9-12-8(15-11)13-10(14-9)17-2/h3-4,6H,5,11H2,1-2H3,(H,12,13,14,15). The Morgan fingerprint density at radius 3 is 2.89 bits per heavy atom. The minimum absolute atomic E-state index is 0.201. The summed E-state index contributed by atoms with van der Waals surface area (Å²) in [6.45, 7) is 0.605. The van der Waals surface area contributed by atoms with Crippen LogP contribution in [-0.2, 0) is 6.54 Å². The zero-order chi connectivity index (χ0) is 13.0. The van der Waals surface area contributed by atoms with Gasteiger partial charge in [-0.1, -0.05) is 0 Å². The highest BCUT2D eigenvalue weighted by Gasteiger charge is 2.11. The summed E-state index contributed by atoms with van der Waals surface area (Å²) in [5, 5.41) is 0. The Labute approximate surface area is 104 Å². The zero-order valence-corrected chi connectivity index (χ0v) is 10.1. The number of nitrogen functional groups attached to an aromatic ring is 1. The van der Waals surface area contributed by atoms with E-state index < -0.39 is 0 Å². The molecule has 0 radical (unpaired) electrons. The maximum atomic E-state index is 5.29. The van der Waals surface area contributed by atoms with Crippen molar-refractivity contribution in [3.05, 3.63) is 24.2 Å². The molecule has 2 rings (SSSR count). The number of methoxy groups -OCH3 is 1. The van der Waals surface area contributed by atoms with Crippen LogP contribution in [0, 0.1) is 0 Å². The van der Waals surface area contributed by atoms with Crippen molar-refractivity contribution in [1.29, 1.82) is 0 Å². The molecule has 0 saturated heterocycles. The predicted octanol–water partition coefficient (Wildman–Crippen LogP) is 0.395. The van der Waals surface area contributed by atoms with Crippen LogP contribution in [0.15, 0.2) is 23.0 Å². The summed E-state index contributed by atoms with van der Waals surface area (Å²) >= 11 is 0. The van der Waals surface area contributed by atoms with Crippen LogP contribution in [0.5, 0.6) is 6.01 Å². The third kappa shape index (κ3) is 2.66. The second-order valence-corrected chi connectivity index (χ2v) is 3.58. The van der Waals surface area contributed by atoms with Crippen LogP contribution in [0.4, 0.5) is 11.9 Å². The molecule has 0 spiro atoms. The molecule has 96 valence electrons. The molecule has 0 unspecified atom stereocenters. The van der Waals surface area contributed by atoms with Crippen molar-refractivity contribution < 1.29 is 9.15 Å². The van der Waals surface area contributed by atoms with Crippen molar-refractivity contribution in [3.8, 4) is 6.01 Å². The molecule has 0 saturated carbocycles.